The van der Waals surface area contributed by atoms with E-state index in [0.717, 1.165) is 35.1 Å². The normalized spacial score (nSPS) is 14.4. The lowest BCUT2D eigenvalue weighted by molar-refractivity contribution is 0.0935. The number of carbonyl (C=O) groups is 2. The molecule has 2 N–H and O–H groups in total. The third-order valence-electron chi connectivity index (χ3n) is 7.36. The van der Waals surface area contributed by atoms with Gasteiger partial charge < -0.3 is 14.8 Å². The molecule has 1 atom stereocenters. The number of halogens is 1. The maximum atomic E-state index is 13.5. The van der Waals surface area contributed by atoms with Crippen LogP contribution in [0, 0.1) is 5.82 Å². The highest BCUT2D eigenvalue weighted by Crippen LogP contribution is 2.37. The van der Waals surface area contributed by atoms with Crippen molar-refractivity contribution in [3.8, 4) is 28.2 Å². The standard InChI is InChI=1S/C33H26FNO4/c1-2-29(37)31-27-17-22(10-15-30(27)39-32(31)20-6-11-24(34)12-7-20)21-4-3-5-23(16-21)33(38)35-28-14-9-19-8-13-25(36)18-26(19)28/h3-8,10-13,15-18,28,36H,2,9,14H2,1H3,(H,35,38)/t28-/m1/s1. The molecule has 0 spiro atoms. The number of furan rings is 1. The van der Waals surface area contributed by atoms with Gasteiger partial charge in [-0.25, -0.2) is 4.39 Å². The minimum absolute atomic E-state index is 0.0683. The van der Waals surface area contributed by atoms with Crippen molar-refractivity contribution in [2.24, 2.45) is 0 Å². The summed E-state index contributed by atoms with van der Waals surface area (Å²) in [5, 5.41) is 13.7. The lowest BCUT2D eigenvalue weighted by atomic mass is 9.97. The molecule has 0 bridgehead atoms. The molecular weight excluding hydrogens is 493 g/mol. The number of fused-ring (bicyclic) bond motifs is 2. The molecule has 0 saturated carbocycles. The fraction of sp³-hybridized carbons (Fsp3) is 0.152. The third-order valence-corrected chi connectivity index (χ3v) is 7.36. The minimum Gasteiger partial charge on any atom is -0.508 e. The molecule has 6 rings (SSSR count). The topological polar surface area (TPSA) is 79.5 Å². The van der Waals surface area contributed by atoms with Gasteiger partial charge in [-0.15, -0.1) is 0 Å². The van der Waals surface area contributed by atoms with Crippen molar-refractivity contribution in [3.63, 3.8) is 0 Å². The van der Waals surface area contributed by atoms with Crippen LogP contribution in [-0.2, 0) is 6.42 Å². The number of nitrogens with one attached hydrogen (secondary N) is 1. The van der Waals surface area contributed by atoms with Crippen LogP contribution in [0.25, 0.3) is 33.4 Å². The lowest BCUT2D eigenvalue weighted by Gasteiger charge is -2.15. The van der Waals surface area contributed by atoms with E-state index in [-0.39, 0.29) is 29.3 Å². The number of phenolic OH excluding ortho intramolecular Hbond substituents is 1. The second-order valence-corrected chi connectivity index (χ2v) is 9.83. The SMILES string of the molecule is CCC(=O)c1c(-c2ccc(F)cc2)oc2ccc(-c3cccc(C(=O)N[C@@H]4CCc5ccc(O)cc54)c3)cc12. The highest BCUT2D eigenvalue weighted by Gasteiger charge is 2.25. The Morgan fingerprint density at radius 2 is 1.72 bits per heavy atom. The number of hydrogen-bond donors (Lipinski definition) is 2. The van der Waals surface area contributed by atoms with Crippen LogP contribution in [0.15, 0.2) is 89.3 Å². The molecule has 0 fully saturated rings. The van der Waals surface area contributed by atoms with Gasteiger partial charge >= 0.3 is 0 Å². The Balaban J connectivity index is 1.34. The van der Waals surface area contributed by atoms with Crippen molar-refractivity contribution < 1.29 is 23.5 Å². The third kappa shape index (κ3) is 4.59. The zero-order valence-electron chi connectivity index (χ0n) is 21.3. The minimum atomic E-state index is -0.361. The van der Waals surface area contributed by atoms with E-state index >= 15 is 0 Å². The molecule has 5 aromatic rings. The number of ketones is 1. The van der Waals surface area contributed by atoms with Gasteiger partial charge in [0.05, 0.1) is 11.6 Å². The van der Waals surface area contributed by atoms with E-state index in [2.05, 4.69) is 5.32 Å². The number of carbonyl (C=O) groups excluding carboxylic acids is 2. The summed E-state index contributed by atoms with van der Waals surface area (Å²) in [7, 11) is 0. The van der Waals surface area contributed by atoms with E-state index in [1.54, 1.807) is 37.3 Å². The number of benzene rings is 4. The molecule has 1 aliphatic rings. The highest BCUT2D eigenvalue weighted by atomic mass is 19.1. The van der Waals surface area contributed by atoms with E-state index in [1.165, 1.54) is 12.1 Å². The Morgan fingerprint density at radius 3 is 2.51 bits per heavy atom. The summed E-state index contributed by atoms with van der Waals surface area (Å²) >= 11 is 0. The number of phenols is 1. The summed E-state index contributed by atoms with van der Waals surface area (Å²) in [6.45, 7) is 1.80. The van der Waals surface area contributed by atoms with Crippen molar-refractivity contribution in [2.45, 2.75) is 32.2 Å². The molecular formula is C33H26FNO4. The second-order valence-electron chi connectivity index (χ2n) is 9.83. The monoisotopic (exact) mass is 519 g/mol. The summed E-state index contributed by atoms with van der Waals surface area (Å²) in [5.41, 5.74) is 5.94. The van der Waals surface area contributed by atoms with E-state index in [9.17, 15) is 19.1 Å². The summed E-state index contributed by atoms with van der Waals surface area (Å²) < 4.78 is 19.6. The van der Waals surface area contributed by atoms with Crippen molar-refractivity contribution >= 4 is 22.7 Å². The Hall–Kier alpha value is -4.71. The van der Waals surface area contributed by atoms with Gasteiger partial charge in [0.25, 0.3) is 5.91 Å². The Morgan fingerprint density at radius 1 is 0.949 bits per heavy atom. The van der Waals surface area contributed by atoms with Gasteiger partial charge in [-0.1, -0.05) is 31.2 Å². The molecule has 0 aliphatic heterocycles. The van der Waals surface area contributed by atoms with Crippen LogP contribution in [0.4, 0.5) is 4.39 Å². The van der Waals surface area contributed by atoms with Crippen LogP contribution < -0.4 is 5.32 Å². The van der Waals surface area contributed by atoms with Crippen LogP contribution >= 0.6 is 0 Å². The van der Waals surface area contributed by atoms with Crippen molar-refractivity contribution in [3.05, 3.63) is 113 Å². The number of Topliss-reactive ketones (excluding diaryl/α,β-unsaturated/α-hetero) is 1. The maximum Gasteiger partial charge on any atom is 0.251 e. The average Bonchev–Trinajstić information content (AvgIpc) is 3.53. The second kappa shape index (κ2) is 9.87. The number of amides is 1. The number of aromatic hydroxyl groups is 1. The first-order chi connectivity index (χ1) is 18.9. The molecule has 39 heavy (non-hydrogen) atoms. The van der Waals surface area contributed by atoms with E-state index in [0.29, 0.717) is 39.8 Å². The zero-order valence-corrected chi connectivity index (χ0v) is 21.3. The van der Waals surface area contributed by atoms with Crippen LogP contribution in [0.2, 0.25) is 0 Å². The molecule has 1 amide bonds. The van der Waals surface area contributed by atoms with Gasteiger partial charge in [0.2, 0.25) is 0 Å². The van der Waals surface area contributed by atoms with Crippen LogP contribution in [0.1, 0.15) is 57.7 Å². The summed E-state index contributed by atoms with van der Waals surface area (Å²) in [6, 6.07) is 24.0. The van der Waals surface area contributed by atoms with Gasteiger partial charge in [-0.05, 0) is 95.8 Å². The molecule has 1 heterocycles. The predicted octanol–water partition coefficient (Wildman–Crippen LogP) is 7.62. The summed E-state index contributed by atoms with van der Waals surface area (Å²) in [5.74, 6) is -0.0103. The van der Waals surface area contributed by atoms with Crippen LogP contribution in [-0.4, -0.2) is 16.8 Å². The van der Waals surface area contributed by atoms with Crippen molar-refractivity contribution in [1.82, 2.24) is 5.32 Å². The predicted molar refractivity (Wildman–Crippen MR) is 148 cm³/mol. The fourth-order valence-corrected chi connectivity index (χ4v) is 5.36. The molecule has 4 aromatic carbocycles. The first-order valence-electron chi connectivity index (χ1n) is 13.0. The molecule has 0 radical (unpaired) electrons. The number of hydrogen-bond acceptors (Lipinski definition) is 4. The van der Waals surface area contributed by atoms with Gasteiger partial charge in [0.15, 0.2) is 5.78 Å². The van der Waals surface area contributed by atoms with E-state index < -0.39 is 0 Å². The zero-order chi connectivity index (χ0) is 27.1. The van der Waals surface area contributed by atoms with Crippen molar-refractivity contribution in [1.29, 1.82) is 0 Å². The molecule has 0 unspecified atom stereocenters. The average molecular weight is 520 g/mol. The van der Waals surface area contributed by atoms with Gasteiger partial charge in [0.1, 0.15) is 22.9 Å². The van der Waals surface area contributed by atoms with Crippen LogP contribution in [0.5, 0.6) is 5.75 Å². The summed E-state index contributed by atoms with van der Waals surface area (Å²) in [4.78, 5) is 26.2. The first kappa shape index (κ1) is 24.6. The molecule has 1 aliphatic carbocycles. The van der Waals surface area contributed by atoms with Crippen molar-refractivity contribution in [2.75, 3.05) is 0 Å². The fourth-order valence-electron chi connectivity index (χ4n) is 5.36. The van der Waals surface area contributed by atoms with E-state index in [4.69, 9.17) is 4.42 Å². The molecule has 194 valence electrons. The largest absolute Gasteiger partial charge is 0.508 e. The smallest absolute Gasteiger partial charge is 0.251 e. The highest BCUT2D eigenvalue weighted by molar-refractivity contribution is 6.12. The number of aryl methyl sites for hydroxylation is 1. The molecule has 1 aromatic heterocycles. The molecule has 6 heteroatoms. The quantitative estimate of drug-likeness (QED) is 0.226. The first-order valence-corrected chi connectivity index (χ1v) is 13.0. The Labute approximate surface area is 224 Å². The summed E-state index contributed by atoms with van der Waals surface area (Å²) in [6.07, 6.45) is 1.93. The lowest BCUT2D eigenvalue weighted by Crippen LogP contribution is -2.27. The van der Waals surface area contributed by atoms with Gasteiger partial charge in [0, 0.05) is 22.9 Å². The number of rotatable bonds is 6. The molecule has 0 saturated heterocycles. The van der Waals surface area contributed by atoms with Gasteiger partial charge in [-0.3, -0.25) is 9.59 Å². The van der Waals surface area contributed by atoms with Gasteiger partial charge in [-0.2, -0.15) is 0 Å². The van der Waals surface area contributed by atoms with Crippen LogP contribution in [0.3, 0.4) is 0 Å². The Bertz CT molecular complexity index is 1740. The molecule has 5 nitrogen and oxygen atoms in total. The Kier molecular flexibility index (Phi) is 6.23. The van der Waals surface area contributed by atoms with E-state index in [1.807, 2.05) is 42.5 Å². The maximum absolute atomic E-state index is 13.5.